The van der Waals surface area contributed by atoms with E-state index < -0.39 is 6.04 Å². The van der Waals surface area contributed by atoms with Crippen LogP contribution in [-0.4, -0.2) is 36.0 Å². The number of nitrogens with zero attached hydrogens (tertiary/aromatic N) is 1. The van der Waals surface area contributed by atoms with Crippen molar-refractivity contribution < 1.29 is 14.3 Å². The average molecular weight is 389 g/mol. The summed E-state index contributed by atoms with van der Waals surface area (Å²) in [5, 5.41) is 2.73. The van der Waals surface area contributed by atoms with Crippen molar-refractivity contribution in [2.24, 2.45) is 0 Å². The molecule has 1 fully saturated rings. The van der Waals surface area contributed by atoms with Gasteiger partial charge in [-0.2, -0.15) is 0 Å². The summed E-state index contributed by atoms with van der Waals surface area (Å²) >= 11 is 3.36. The number of carbonyl (C=O) groups excluding carboxylic acids is 2. The van der Waals surface area contributed by atoms with Crippen LogP contribution in [0.1, 0.15) is 5.56 Å². The third-order valence-electron chi connectivity index (χ3n) is 3.79. The van der Waals surface area contributed by atoms with E-state index in [4.69, 9.17) is 4.74 Å². The van der Waals surface area contributed by atoms with Gasteiger partial charge in [-0.3, -0.25) is 9.69 Å². The normalized spacial score (nSPS) is 17.0. The zero-order chi connectivity index (χ0) is 16.9. The average Bonchev–Trinajstić information content (AvgIpc) is 2.85. The molecule has 0 bridgehead atoms. The number of nitrogens with one attached hydrogen (secondary N) is 1. The molecule has 0 spiro atoms. The van der Waals surface area contributed by atoms with E-state index in [9.17, 15) is 9.59 Å². The lowest BCUT2D eigenvalue weighted by Crippen LogP contribution is -2.35. The van der Waals surface area contributed by atoms with Crippen LogP contribution in [0.5, 0.6) is 5.75 Å². The summed E-state index contributed by atoms with van der Waals surface area (Å²) in [5.74, 6) is 0.495. The van der Waals surface area contributed by atoms with Crippen molar-refractivity contribution in [3.63, 3.8) is 0 Å². The van der Waals surface area contributed by atoms with Crippen LogP contribution in [0.25, 0.3) is 0 Å². The van der Waals surface area contributed by atoms with Gasteiger partial charge in [0.1, 0.15) is 18.4 Å². The fraction of sp³-hybridized carbons (Fsp3) is 0.222. The smallest absolute Gasteiger partial charge is 0.324 e. The van der Waals surface area contributed by atoms with Gasteiger partial charge in [-0.05, 0) is 29.8 Å². The third-order valence-corrected chi connectivity index (χ3v) is 4.32. The van der Waals surface area contributed by atoms with Gasteiger partial charge in [0.2, 0.25) is 0 Å². The first-order valence-electron chi connectivity index (χ1n) is 7.67. The zero-order valence-electron chi connectivity index (χ0n) is 12.9. The summed E-state index contributed by atoms with van der Waals surface area (Å²) in [6.45, 7) is 0.491. The van der Waals surface area contributed by atoms with E-state index in [1.165, 1.54) is 4.90 Å². The minimum Gasteiger partial charge on any atom is -0.492 e. The number of benzene rings is 2. The predicted octanol–water partition coefficient (Wildman–Crippen LogP) is 2.99. The van der Waals surface area contributed by atoms with Crippen LogP contribution in [0.2, 0.25) is 0 Å². The third kappa shape index (κ3) is 3.94. The lowest BCUT2D eigenvalue weighted by atomic mass is 10.1. The zero-order valence-corrected chi connectivity index (χ0v) is 14.5. The fourth-order valence-corrected chi connectivity index (χ4v) is 2.83. The Balaban J connectivity index is 1.53. The molecule has 1 N–H and O–H groups in total. The number of urea groups is 1. The highest BCUT2D eigenvalue weighted by molar-refractivity contribution is 9.10. The van der Waals surface area contributed by atoms with Gasteiger partial charge in [-0.15, -0.1) is 0 Å². The van der Waals surface area contributed by atoms with Crippen molar-refractivity contribution in [2.75, 3.05) is 13.2 Å². The minimum atomic E-state index is -0.507. The monoisotopic (exact) mass is 388 g/mol. The second-order valence-corrected chi connectivity index (χ2v) is 6.40. The SMILES string of the molecule is O=C1N[C@H](Cc2ccccc2)C(=O)N1CCOc1ccc(Br)cc1. The molecule has 3 rings (SSSR count). The second-order valence-electron chi connectivity index (χ2n) is 5.48. The van der Waals surface area contributed by atoms with Gasteiger partial charge in [0.25, 0.3) is 5.91 Å². The number of imide groups is 1. The van der Waals surface area contributed by atoms with Crippen LogP contribution in [0.4, 0.5) is 4.79 Å². The van der Waals surface area contributed by atoms with Gasteiger partial charge >= 0.3 is 6.03 Å². The molecule has 0 aromatic heterocycles. The molecule has 1 atom stereocenters. The molecule has 3 amide bonds. The van der Waals surface area contributed by atoms with Gasteiger partial charge in [0, 0.05) is 10.9 Å². The van der Waals surface area contributed by atoms with Crippen molar-refractivity contribution in [1.82, 2.24) is 10.2 Å². The van der Waals surface area contributed by atoms with E-state index >= 15 is 0 Å². The number of halogens is 1. The molecule has 0 saturated carbocycles. The van der Waals surface area contributed by atoms with Crippen LogP contribution in [0, 0.1) is 0 Å². The number of amides is 3. The summed E-state index contributed by atoms with van der Waals surface area (Å²) < 4.78 is 6.54. The van der Waals surface area contributed by atoms with Crippen LogP contribution in [0.15, 0.2) is 59.1 Å². The summed E-state index contributed by atoms with van der Waals surface area (Å²) in [4.78, 5) is 25.6. The standard InChI is InChI=1S/C18H17BrN2O3/c19-14-6-8-15(9-7-14)24-11-10-21-17(22)16(20-18(21)23)12-13-4-2-1-3-5-13/h1-9,16H,10-12H2,(H,20,23)/t16-/m1/s1. The molecule has 2 aromatic rings. The van der Waals surface area contributed by atoms with Crippen molar-refractivity contribution in [3.8, 4) is 5.75 Å². The minimum absolute atomic E-state index is 0.205. The Labute approximate surface area is 148 Å². The predicted molar refractivity (Wildman–Crippen MR) is 93.8 cm³/mol. The largest absolute Gasteiger partial charge is 0.492 e. The van der Waals surface area contributed by atoms with Gasteiger partial charge in [0.15, 0.2) is 0 Å². The molecule has 1 saturated heterocycles. The van der Waals surface area contributed by atoms with Crippen molar-refractivity contribution in [2.45, 2.75) is 12.5 Å². The summed E-state index contributed by atoms with van der Waals surface area (Å²) in [6.07, 6.45) is 0.496. The van der Waals surface area contributed by atoms with Gasteiger partial charge in [0.05, 0.1) is 6.54 Å². The molecule has 24 heavy (non-hydrogen) atoms. The highest BCUT2D eigenvalue weighted by atomic mass is 79.9. The van der Waals surface area contributed by atoms with Gasteiger partial charge in [-0.25, -0.2) is 4.79 Å². The van der Waals surface area contributed by atoms with E-state index in [0.717, 1.165) is 10.0 Å². The molecule has 5 nitrogen and oxygen atoms in total. The molecular weight excluding hydrogens is 372 g/mol. The number of hydrogen-bond donors (Lipinski definition) is 1. The van der Waals surface area contributed by atoms with Crippen LogP contribution in [0.3, 0.4) is 0 Å². The lowest BCUT2D eigenvalue weighted by molar-refractivity contribution is -0.127. The highest BCUT2D eigenvalue weighted by Gasteiger charge is 2.37. The van der Waals surface area contributed by atoms with E-state index in [2.05, 4.69) is 21.2 Å². The maximum absolute atomic E-state index is 12.4. The number of ether oxygens (including phenoxy) is 1. The quantitative estimate of drug-likeness (QED) is 0.773. The molecule has 0 unspecified atom stereocenters. The lowest BCUT2D eigenvalue weighted by Gasteiger charge is -2.14. The highest BCUT2D eigenvalue weighted by Crippen LogP contribution is 2.16. The fourth-order valence-electron chi connectivity index (χ4n) is 2.56. The topological polar surface area (TPSA) is 58.6 Å². The van der Waals surface area contributed by atoms with Crippen LogP contribution in [-0.2, 0) is 11.2 Å². The van der Waals surface area contributed by atoms with E-state index in [1.807, 2.05) is 54.6 Å². The van der Waals surface area contributed by atoms with Crippen molar-refractivity contribution in [1.29, 1.82) is 0 Å². The maximum Gasteiger partial charge on any atom is 0.324 e. The maximum atomic E-state index is 12.4. The summed E-state index contributed by atoms with van der Waals surface area (Å²) in [6, 6.07) is 16.2. The van der Waals surface area contributed by atoms with Gasteiger partial charge < -0.3 is 10.1 Å². The van der Waals surface area contributed by atoms with E-state index in [-0.39, 0.29) is 25.1 Å². The van der Waals surface area contributed by atoms with Crippen molar-refractivity contribution in [3.05, 3.63) is 64.6 Å². The first-order chi connectivity index (χ1) is 11.6. The second kappa shape index (κ2) is 7.49. The Morgan fingerprint density at radius 3 is 2.46 bits per heavy atom. The Morgan fingerprint density at radius 1 is 1.04 bits per heavy atom. The number of rotatable bonds is 6. The first kappa shape index (κ1) is 16.5. The number of hydrogen-bond acceptors (Lipinski definition) is 3. The van der Waals surface area contributed by atoms with Crippen LogP contribution >= 0.6 is 15.9 Å². The molecule has 2 aromatic carbocycles. The van der Waals surface area contributed by atoms with E-state index in [0.29, 0.717) is 12.2 Å². The van der Waals surface area contributed by atoms with E-state index in [1.54, 1.807) is 0 Å². The molecule has 6 heteroatoms. The Bertz CT molecular complexity index is 719. The van der Waals surface area contributed by atoms with Gasteiger partial charge in [-0.1, -0.05) is 46.3 Å². The summed E-state index contributed by atoms with van der Waals surface area (Å²) in [5.41, 5.74) is 1.02. The molecule has 1 aliphatic rings. The molecular formula is C18H17BrN2O3. The molecule has 0 aliphatic carbocycles. The molecule has 0 radical (unpaired) electrons. The first-order valence-corrected chi connectivity index (χ1v) is 8.47. The van der Waals surface area contributed by atoms with Crippen molar-refractivity contribution >= 4 is 27.9 Å². The Morgan fingerprint density at radius 2 is 1.75 bits per heavy atom. The molecule has 1 aliphatic heterocycles. The molecule has 124 valence electrons. The van der Waals surface area contributed by atoms with Crippen LogP contribution < -0.4 is 10.1 Å². The number of carbonyl (C=O) groups is 2. The Hall–Kier alpha value is -2.34. The summed E-state index contributed by atoms with van der Waals surface area (Å²) in [7, 11) is 0. The Kier molecular flexibility index (Phi) is 5.15. The molecule has 1 heterocycles.